The Kier molecular flexibility index (Phi) is 4.31. The summed E-state index contributed by atoms with van der Waals surface area (Å²) in [6.45, 7) is 4.10. The van der Waals surface area contributed by atoms with Crippen molar-refractivity contribution >= 4 is 20.2 Å². The van der Waals surface area contributed by atoms with Gasteiger partial charge in [0.05, 0.1) is 0 Å². The van der Waals surface area contributed by atoms with Crippen LogP contribution in [0.25, 0.3) is 0 Å². The van der Waals surface area contributed by atoms with Gasteiger partial charge in [-0.15, -0.1) is 0 Å². The predicted octanol–water partition coefficient (Wildman–Crippen LogP) is 1.44. The van der Waals surface area contributed by atoms with Crippen molar-refractivity contribution in [1.29, 1.82) is 0 Å². The molecular formula is C4H11IO. The van der Waals surface area contributed by atoms with Gasteiger partial charge < -0.3 is 0 Å². The van der Waals surface area contributed by atoms with Gasteiger partial charge in [0, 0.05) is 0 Å². The Morgan fingerprint density at radius 1 is 1.33 bits per heavy atom. The second kappa shape index (κ2) is 3.87. The first kappa shape index (κ1) is 6.69. The van der Waals surface area contributed by atoms with E-state index in [9.17, 15) is 0 Å². The van der Waals surface area contributed by atoms with Crippen molar-refractivity contribution < 1.29 is 3.44 Å². The number of hydrogen-bond acceptors (Lipinski definition) is 1. The number of alkyl halides is 2. The standard InChI is InChI=1S/C4H11IO/c1-3-5(6)4-2/h6H,3-4H2,1-2H3. The molecule has 0 aromatic rings. The average Bonchev–Trinajstić information content (AvgIpc) is 1.65. The van der Waals surface area contributed by atoms with E-state index in [0.717, 1.165) is 8.86 Å². The molecule has 0 heterocycles. The van der Waals surface area contributed by atoms with Gasteiger partial charge in [0.2, 0.25) is 0 Å². The van der Waals surface area contributed by atoms with E-state index in [2.05, 4.69) is 0 Å². The van der Waals surface area contributed by atoms with E-state index in [1.54, 1.807) is 0 Å². The van der Waals surface area contributed by atoms with Gasteiger partial charge in [-0.25, -0.2) is 0 Å². The molecule has 0 rings (SSSR count). The molecule has 0 saturated heterocycles. The third-order valence-electron chi connectivity index (χ3n) is 0.617. The van der Waals surface area contributed by atoms with E-state index in [-0.39, 0.29) is 0 Å². The Morgan fingerprint density at radius 3 is 1.67 bits per heavy atom. The van der Waals surface area contributed by atoms with Gasteiger partial charge in [0.25, 0.3) is 0 Å². The normalized spacial score (nSPS) is 11.5. The van der Waals surface area contributed by atoms with Gasteiger partial charge in [-0.3, -0.25) is 0 Å². The summed E-state index contributed by atoms with van der Waals surface area (Å²) in [4.78, 5) is 0. The van der Waals surface area contributed by atoms with E-state index >= 15 is 0 Å². The van der Waals surface area contributed by atoms with Crippen LogP contribution in [0, 0.1) is 0 Å². The average molecular weight is 202 g/mol. The third-order valence-corrected chi connectivity index (χ3v) is 4.14. The zero-order valence-electron chi connectivity index (χ0n) is 4.24. The van der Waals surface area contributed by atoms with E-state index in [4.69, 9.17) is 3.44 Å². The van der Waals surface area contributed by atoms with Gasteiger partial charge in [-0.1, -0.05) is 0 Å². The summed E-state index contributed by atoms with van der Waals surface area (Å²) < 4.78 is 10.9. The maximum absolute atomic E-state index is 8.82. The van der Waals surface area contributed by atoms with Gasteiger partial charge >= 0.3 is 46.4 Å². The molecule has 40 valence electrons. The third kappa shape index (κ3) is 2.90. The van der Waals surface area contributed by atoms with Gasteiger partial charge in [-0.05, 0) is 0 Å². The Labute approximate surface area is 46.7 Å². The fourth-order valence-electron chi connectivity index (χ4n) is 0.189. The first-order valence-electron chi connectivity index (χ1n) is 2.12. The van der Waals surface area contributed by atoms with Crippen molar-refractivity contribution in [2.24, 2.45) is 0 Å². The van der Waals surface area contributed by atoms with Crippen molar-refractivity contribution in [2.45, 2.75) is 13.8 Å². The second-order valence-electron chi connectivity index (χ2n) is 0.963. The summed E-state index contributed by atoms with van der Waals surface area (Å²) in [5, 5.41) is 0. The maximum atomic E-state index is 8.82. The molecule has 0 aromatic carbocycles. The number of hydrogen-bond donors (Lipinski definition) is 1. The zero-order chi connectivity index (χ0) is 4.99. The molecular weight excluding hydrogens is 191 g/mol. The molecule has 0 aliphatic heterocycles. The fraction of sp³-hybridized carbons (Fsp3) is 1.00. The van der Waals surface area contributed by atoms with Crippen LogP contribution in [0.3, 0.4) is 0 Å². The molecule has 0 amide bonds. The van der Waals surface area contributed by atoms with Gasteiger partial charge in [0.1, 0.15) is 0 Å². The monoisotopic (exact) mass is 202 g/mol. The van der Waals surface area contributed by atoms with E-state index in [0.29, 0.717) is 0 Å². The minimum atomic E-state index is -1.30. The van der Waals surface area contributed by atoms with Crippen LogP contribution in [0.1, 0.15) is 13.8 Å². The van der Waals surface area contributed by atoms with Crippen LogP contribution in [0.5, 0.6) is 0 Å². The van der Waals surface area contributed by atoms with E-state index < -0.39 is 20.2 Å². The summed E-state index contributed by atoms with van der Waals surface area (Å²) in [6, 6.07) is 0. The van der Waals surface area contributed by atoms with Crippen molar-refractivity contribution in [3.8, 4) is 0 Å². The SMILES string of the molecule is CCI(O)CC. The molecule has 0 fully saturated rings. The summed E-state index contributed by atoms with van der Waals surface area (Å²) in [7, 11) is 0. The summed E-state index contributed by atoms with van der Waals surface area (Å²) >= 11 is -1.30. The molecule has 0 aliphatic rings. The molecule has 1 N–H and O–H groups in total. The first-order valence-corrected chi connectivity index (χ1v) is 6.13. The van der Waals surface area contributed by atoms with E-state index in [1.165, 1.54) is 0 Å². The number of rotatable bonds is 2. The van der Waals surface area contributed by atoms with Crippen molar-refractivity contribution in [3.63, 3.8) is 0 Å². The Balaban J connectivity index is 2.75. The van der Waals surface area contributed by atoms with E-state index in [1.807, 2.05) is 13.8 Å². The summed E-state index contributed by atoms with van der Waals surface area (Å²) in [6.07, 6.45) is 0. The van der Waals surface area contributed by atoms with Crippen LogP contribution in [0.15, 0.2) is 0 Å². The Morgan fingerprint density at radius 2 is 1.67 bits per heavy atom. The van der Waals surface area contributed by atoms with Gasteiger partial charge in [0.15, 0.2) is 0 Å². The van der Waals surface area contributed by atoms with Crippen molar-refractivity contribution in [1.82, 2.24) is 0 Å². The van der Waals surface area contributed by atoms with Crippen LogP contribution < -0.4 is 0 Å². The van der Waals surface area contributed by atoms with Crippen LogP contribution >= 0.6 is 20.2 Å². The molecule has 0 unspecified atom stereocenters. The molecule has 2 heteroatoms. The topological polar surface area (TPSA) is 20.2 Å². The quantitative estimate of drug-likeness (QED) is 0.530. The Bertz CT molecular complexity index is 26.7. The molecule has 0 aliphatic carbocycles. The molecule has 0 bridgehead atoms. The fourth-order valence-corrected chi connectivity index (χ4v) is 1.27. The Hall–Kier alpha value is 0.690. The predicted molar refractivity (Wildman–Crippen MR) is 37.3 cm³/mol. The van der Waals surface area contributed by atoms with Crippen LogP contribution in [0.2, 0.25) is 0 Å². The van der Waals surface area contributed by atoms with Crippen LogP contribution in [0.4, 0.5) is 0 Å². The molecule has 0 aromatic heterocycles. The second-order valence-corrected chi connectivity index (χ2v) is 6.46. The zero-order valence-corrected chi connectivity index (χ0v) is 6.40. The molecule has 0 radical (unpaired) electrons. The summed E-state index contributed by atoms with van der Waals surface area (Å²) in [5.74, 6) is 0. The van der Waals surface area contributed by atoms with Crippen LogP contribution in [-0.2, 0) is 0 Å². The molecule has 1 nitrogen and oxygen atoms in total. The van der Waals surface area contributed by atoms with Crippen molar-refractivity contribution in [3.05, 3.63) is 0 Å². The number of halogens is 1. The molecule has 0 saturated carbocycles. The molecule has 6 heavy (non-hydrogen) atoms. The molecule has 0 spiro atoms. The summed E-state index contributed by atoms with van der Waals surface area (Å²) in [5.41, 5.74) is 0. The minimum absolute atomic E-state index is 1.04. The van der Waals surface area contributed by atoms with Gasteiger partial charge in [-0.2, -0.15) is 0 Å². The van der Waals surface area contributed by atoms with Crippen LogP contribution in [-0.4, -0.2) is 12.3 Å². The molecule has 0 atom stereocenters. The van der Waals surface area contributed by atoms with Crippen molar-refractivity contribution in [2.75, 3.05) is 8.86 Å². The first-order chi connectivity index (χ1) is 2.81.